The van der Waals surface area contributed by atoms with Gasteiger partial charge in [0.2, 0.25) is 0 Å². The molecule has 2 saturated carbocycles. The number of ketones is 2. The summed E-state index contributed by atoms with van der Waals surface area (Å²) in [7, 11) is 0. The molecule has 23 heavy (non-hydrogen) atoms. The third kappa shape index (κ3) is 2.17. The first kappa shape index (κ1) is 15.0. The summed E-state index contributed by atoms with van der Waals surface area (Å²) in [5.41, 5.74) is 0.0135. The number of Topliss-reactive ketones (excluding diaryl/α,β-unsaturated/α-hetero) is 2. The summed E-state index contributed by atoms with van der Waals surface area (Å²) < 4.78 is 1.13. The number of fused-ring (bicyclic) bond motifs is 2. The van der Waals surface area contributed by atoms with Crippen molar-refractivity contribution in [3.63, 3.8) is 0 Å². The van der Waals surface area contributed by atoms with Gasteiger partial charge in [-0.3, -0.25) is 9.59 Å². The Hall–Kier alpha value is -1.59. The SMILES string of the molecule is Cc1nc2cc(C[C@]34CCC(=O)C[C@@]3(O)CCC4=O)ccc2s1. The fourth-order valence-corrected chi connectivity index (χ4v) is 5.16. The van der Waals surface area contributed by atoms with E-state index in [1.54, 1.807) is 11.3 Å². The second-order valence-corrected chi connectivity index (χ2v) is 8.20. The van der Waals surface area contributed by atoms with Crippen LogP contribution < -0.4 is 0 Å². The third-order valence-electron chi connectivity index (χ3n) is 5.58. The highest BCUT2D eigenvalue weighted by Crippen LogP contribution is 2.54. The molecule has 5 heteroatoms. The van der Waals surface area contributed by atoms with E-state index in [2.05, 4.69) is 4.98 Å². The number of hydrogen-bond donors (Lipinski definition) is 1. The average molecular weight is 329 g/mol. The lowest BCUT2D eigenvalue weighted by atomic mass is 9.61. The van der Waals surface area contributed by atoms with Crippen molar-refractivity contribution in [1.29, 1.82) is 0 Å². The molecule has 2 aliphatic rings. The lowest BCUT2D eigenvalue weighted by molar-refractivity contribution is -0.151. The maximum absolute atomic E-state index is 12.6. The smallest absolute Gasteiger partial charge is 0.142 e. The lowest BCUT2D eigenvalue weighted by Gasteiger charge is -2.44. The molecule has 0 saturated heterocycles. The van der Waals surface area contributed by atoms with Crippen molar-refractivity contribution in [2.24, 2.45) is 5.41 Å². The van der Waals surface area contributed by atoms with E-state index in [9.17, 15) is 14.7 Å². The van der Waals surface area contributed by atoms with E-state index >= 15 is 0 Å². The highest BCUT2D eigenvalue weighted by Gasteiger charge is 2.61. The van der Waals surface area contributed by atoms with Crippen LogP contribution in [0.2, 0.25) is 0 Å². The van der Waals surface area contributed by atoms with Crippen molar-refractivity contribution in [1.82, 2.24) is 4.98 Å². The number of rotatable bonds is 2. The zero-order valence-electron chi connectivity index (χ0n) is 13.1. The summed E-state index contributed by atoms with van der Waals surface area (Å²) in [5.74, 6) is 0.186. The number of hydrogen-bond acceptors (Lipinski definition) is 5. The minimum atomic E-state index is -1.16. The summed E-state index contributed by atoms with van der Waals surface area (Å²) in [4.78, 5) is 29.0. The van der Waals surface area contributed by atoms with Gasteiger partial charge in [0.25, 0.3) is 0 Å². The predicted molar refractivity (Wildman–Crippen MR) is 88.5 cm³/mol. The van der Waals surface area contributed by atoms with Crippen molar-refractivity contribution in [2.45, 2.75) is 51.0 Å². The van der Waals surface area contributed by atoms with Gasteiger partial charge < -0.3 is 5.11 Å². The van der Waals surface area contributed by atoms with Crippen LogP contribution in [0.25, 0.3) is 10.2 Å². The van der Waals surface area contributed by atoms with Crippen molar-refractivity contribution in [3.8, 4) is 0 Å². The van der Waals surface area contributed by atoms with Gasteiger partial charge in [-0.15, -0.1) is 11.3 Å². The number of aryl methyl sites for hydroxylation is 1. The highest BCUT2D eigenvalue weighted by molar-refractivity contribution is 7.18. The van der Waals surface area contributed by atoms with Crippen molar-refractivity contribution in [3.05, 3.63) is 28.8 Å². The number of carbonyl (C=O) groups excluding carboxylic acids is 2. The zero-order valence-corrected chi connectivity index (χ0v) is 13.9. The molecule has 0 spiro atoms. The van der Waals surface area contributed by atoms with Gasteiger partial charge in [-0.25, -0.2) is 4.98 Å². The average Bonchev–Trinajstić information content (AvgIpc) is 2.97. The molecular weight excluding hydrogens is 310 g/mol. The molecule has 0 bridgehead atoms. The Kier molecular flexibility index (Phi) is 3.22. The van der Waals surface area contributed by atoms with Crippen molar-refractivity contribution >= 4 is 33.1 Å². The second-order valence-electron chi connectivity index (χ2n) is 6.96. The summed E-state index contributed by atoms with van der Waals surface area (Å²) in [6, 6.07) is 6.09. The number of nitrogens with zero attached hydrogens (tertiary/aromatic N) is 1. The molecule has 0 amide bonds. The van der Waals surface area contributed by atoms with E-state index in [1.165, 1.54) is 0 Å². The topological polar surface area (TPSA) is 67.3 Å². The molecule has 1 aromatic heterocycles. The van der Waals surface area contributed by atoms with E-state index < -0.39 is 11.0 Å². The molecule has 2 aliphatic carbocycles. The van der Waals surface area contributed by atoms with Crippen molar-refractivity contribution in [2.75, 3.05) is 0 Å². The molecule has 1 heterocycles. The zero-order chi connectivity index (χ0) is 16.2. The van der Waals surface area contributed by atoms with Gasteiger partial charge in [0.05, 0.1) is 26.2 Å². The molecule has 1 aromatic carbocycles. The minimum Gasteiger partial charge on any atom is -0.388 e. The molecule has 0 radical (unpaired) electrons. The molecule has 0 aliphatic heterocycles. The van der Waals surface area contributed by atoms with Crippen LogP contribution in [0.5, 0.6) is 0 Å². The van der Waals surface area contributed by atoms with Gasteiger partial charge in [0, 0.05) is 19.3 Å². The second kappa shape index (κ2) is 4.95. The first-order valence-corrected chi connectivity index (χ1v) is 8.87. The first-order valence-electron chi connectivity index (χ1n) is 8.05. The van der Waals surface area contributed by atoms with Gasteiger partial charge in [0.15, 0.2) is 0 Å². The molecule has 120 valence electrons. The molecule has 4 nitrogen and oxygen atoms in total. The van der Waals surface area contributed by atoms with Crippen LogP contribution in [0.15, 0.2) is 18.2 Å². The highest BCUT2D eigenvalue weighted by atomic mass is 32.1. The van der Waals surface area contributed by atoms with Crippen molar-refractivity contribution < 1.29 is 14.7 Å². The van der Waals surface area contributed by atoms with E-state index in [0.29, 0.717) is 32.1 Å². The molecule has 1 N–H and O–H groups in total. The van der Waals surface area contributed by atoms with Crippen LogP contribution in [-0.2, 0) is 16.0 Å². The molecule has 4 rings (SSSR count). The predicted octanol–water partition coefficient (Wildman–Crippen LogP) is 2.98. The maximum Gasteiger partial charge on any atom is 0.142 e. The van der Waals surface area contributed by atoms with E-state index in [0.717, 1.165) is 20.8 Å². The summed E-state index contributed by atoms with van der Waals surface area (Å²) in [6.07, 6.45) is 2.28. The molecule has 2 aromatic rings. The Morgan fingerprint density at radius 3 is 2.91 bits per heavy atom. The van der Waals surface area contributed by atoms with Gasteiger partial charge in [-0.1, -0.05) is 6.07 Å². The van der Waals surface area contributed by atoms with E-state index in [4.69, 9.17) is 0 Å². The molecule has 2 atom stereocenters. The minimum absolute atomic E-state index is 0.0726. The number of thiazole rings is 1. The fourth-order valence-electron chi connectivity index (χ4n) is 4.35. The van der Waals surface area contributed by atoms with Crippen LogP contribution in [0.1, 0.15) is 42.7 Å². The molecule has 0 unspecified atom stereocenters. The van der Waals surface area contributed by atoms with E-state index in [-0.39, 0.29) is 18.0 Å². The van der Waals surface area contributed by atoms with Gasteiger partial charge in [0.1, 0.15) is 11.6 Å². The summed E-state index contributed by atoms with van der Waals surface area (Å²) >= 11 is 1.65. The van der Waals surface area contributed by atoms with Crippen LogP contribution in [0, 0.1) is 12.3 Å². The summed E-state index contributed by atoms with van der Waals surface area (Å²) in [5, 5.41) is 12.0. The van der Waals surface area contributed by atoms with Crippen LogP contribution >= 0.6 is 11.3 Å². The normalized spacial score (nSPS) is 30.9. The maximum atomic E-state index is 12.6. The van der Waals surface area contributed by atoms with Gasteiger partial charge >= 0.3 is 0 Å². The van der Waals surface area contributed by atoms with Crippen LogP contribution in [-0.4, -0.2) is 27.3 Å². The third-order valence-corrected chi connectivity index (χ3v) is 6.53. The van der Waals surface area contributed by atoms with E-state index in [1.807, 2.05) is 25.1 Å². The van der Waals surface area contributed by atoms with Crippen LogP contribution in [0.4, 0.5) is 0 Å². The first-order chi connectivity index (χ1) is 10.9. The van der Waals surface area contributed by atoms with Gasteiger partial charge in [-0.2, -0.15) is 0 Å². The monoisotopic (exact) mass is 329 g/mol. The largest absolute Gasteiger partial charge is 0.388 e. The number of aliphatic hydroxyl groups is 1. The lowest BCUT2D eigenvalue weighted by Crippen LogP contribution is -2.53. The molecular formula is C18H19NO3S. The quantitative estimate of drug-likeness (QED) is 0.920. The number of carbonyl (C=O) groups is 2. The Bertz CT molecular complexity index is 827. The number of aromatic nitrogens is 1. The fraction of sp³-hybridized carbons (Fsp3) is 0.500. The van der Waals surface area contributed by atoms with Crippen LogP contribution in [0.3, 0.4) is 0 Å². The Morgan fingerprint density at radius 2 is 2.09 bits per heavy atom. The Morgan fingerprint density at radius 1 is 1.26 bits per heavy atom. The molecule has 2 fully saturated rings. The Balaban J connectivity index is 1.74. The Labute approximate surface area is 138 Å². The summed E-state index contributed by atoms with van der Waals surface area (Å²) in [6.45, 7) is 1.98. The number of benzene rings is 1. The standard InChI is InChI=1S/C18H19NO3S/c1-11-19-14-8-12(2-3-15(14)23-11)9-17-6-4-13(20)10-18(17,22)7-5-16(17)21/h2-3,8,22H,4-7,9-10H2,1H3/t17-,18-/m0/s1. The van der Waals surface area contributed by atoms with Gasteiger partial charge in [-0.05, 0) is 43.9 Å².